The van der Waals surface area contributed by atoms with Crippen molar-refractivity contribution in [1.29, 1.82) is 0 Å². The molecule has 1 atom stereocenters. The van der Waals surface area contributed by atoms with E-state index in [4.69, 9.17) is 14.7 Å². The number of ether oxygens (including phenoxy) is 1. The summed E-state index contributed by atoms with van der Waals surface area (Å²) in [5.74, 6) is 2.12. The molecule has 258 valence electrons. The molecule has 48 heavy (non-hydrogen) atoms. The Morgan fingerprint density at radius 3 is 2.58 bits per heavy atom. The zero-order valence-corrected chi connectivity index (χ0v) is 29.4. The summed E-state index contributed by atoms with van der Waals surface area (Å²) in [4.78, 5) is 47.2. The van der Waals surface area contributed by atoms with Gasteiger partial charge in [0.1, 0.15) is 29.3 Å². The molecule has 0 spiro atoms. The molecule has 2 amide bonds. The van der Waals surface area contributed by atoms with E-state index in [-0.39, 0.29) is 12.0 Å². The maximum absolute atomic E-state index is 14.0. The maximum atomic E-state index is 14.0. The standard InChI is InChI=1S/C35H50N10O3/c1-7-42-24-36-39-32(42)28-12-8-13-30(37-28)45-22-27-26(33(45)46)21-31(44-16-9-11-25(44)2)38-29(27)23-40(6)14-10-15-41-17-19-43(20-18-41)34(47)48-35(3,4)5/h8,12-13,21,24-25H,7,9-11,14-20,22-23H2,1-6H3/t25-/m1/s1. The Bertz CT molecular complexity index is 1610. The van der Waals surface area contributed by atoms with E-state index in [0.717, 1.165) is 75.6 Å². The fourth-order valence-electron chi connectivity index (χ4n) is 6.85. The summed E-state index contributed by atoms with van der Waals surface area (Å²) in [7, 11) is 2.13. The highest BCUT2D eigenvalue weighted by Gasteiger charge is 2.35. The first-order valence-corrected chi connectivity index (χ1v) is 17.4. The van der Waals surface area contributed by atoms with Gasteiger partial charge >= 0.3 is 6.09 Å². The van der Waals surface area contributed by atoms with Crippen molar-refractivity contribution < 1.29 is 14.3 Å². The number of piperazine rings is 1. The number of hydrogen-bond acceptors (Lipinski definition) is 10. The molecule has 2 fully saturated rings. The van der Waals surface area contributed by atoms with Gasteiger partial charge in [-0.15, -0.1) is 10.2 Å². The van der Waals surface area contributed by atoms with Crippen molar-refractivity contribution in [3.63, 3.8) is 0 Å². The average Bonchev–Trinajstić information content (AvgIpc) is 3.79. The highest BCUT2D eigenvalue weighted by molar-refractivity contribution is 6.10. The zero-order chi connectivity index (χ0) is 34.0. The largest absolute Gasteiger partial charge is 0.444 e. The summed E-state index contributed by atoms with van der Waals surface area (Å²) in [6, 6.07) is 8.10. The van der Waals surface area contributed by atoms with Crippen LogP contribution in [-0.4, -0.2) is 116 Å². The fourth-order valence-corrected chi connectivity index (χ4v) is 6.85. The van der Waals surface area contributed by atoms with Crippen molar-refractivity contribution in [3.05, 3.63) is 47.4 Å². The van der Waals surface area contributed by atoms with Crippen molar-refractivity contribution in [2.75, 3.05) is 62.7 Å². The van der Waals surface area contributed by atoms with E-state index in [1.54, 1.807) is 11.2 Å². The van der Waals surface area contributed by atoms with Gasteiger partial charge in [-0.25, -0.2) is 14.8 Å². The predicted octanol–water partition coefficient (Wildman–Crippen LogP) is 4.28. The molecule has 0 saturated carbocycles. The number of nitrogens with zero attached hydrogens (tertiary/aromatic N) is 10. The number of anilines is 2. The fraction of sp³-hybridized carbons (Fsp3) is 0.600. The number of aromatic nitrogens is 5. The molecule has 2 saturated heterocycles. The van der Waals surface area contributed by atoms with Gasteiger partial charge in [-0.1, -0.05) is 6.07 Å². The second-order valence-corrected chi connectivity index (χ2v) is 14.3. The van der Waals surface area contributed by atoms with Crippen LogP contribution in [0.3, 0.4) is 0 Å². The third-order valence-corrected chi connectivity index (χ3v) is 9.49. The van der Waals surface area contributed by atoms with Crippen molar-refractivity contribution >= 4 is 23.6 Å². The second-order valence-electron chi connectivity index (χ2n) is 14.3. The van der Waals surface area contributed by atoms with Crippen LogP contribution in [0.2, 0.25) is 0 Å². The SMILES string of the molecule is CCn1cnnc1-c1cccc(N2Cc3c(cc(N4CCC[C@H]4C)nc3CN(C)CCCN3CCN(C(=O)OC(C)(C)C)CC3)C2=O)n1. The van der Waals surface area contributed by atoms with Gasteiger partial charge in [0.25, 0.3) is 5.91 Å². The van der Waals surface area contributed by atoms with Gasteiger partial charge in [0.05, 0.1) is 17.8 Å². The van der Waals surface area contributed by atoms with Crippen LogP contribution in [0.1, 0.15) is 75.5 Å². The molecule has 3 aliphatic heterocycles. The molecule has 6 heterocycles. The Hall–Kier alpha value is -4.10. The minimum atomic E-state index is -0.481. The Balaban J connectivity index is 1.13. The Morgan fingerprint density at radius 2 is 1.88 bits per heavy atom. The molecule has 0 aromatic carbocycles. The number of hydrogen-bond donors (Lipinski definition) is 0. The van der Waals surface area contributed by atoms with Crippen LogP contribution in [0.15, 0.2) is 30.6 Å². The number of fused-ring (bicyclic) bond motifs is 1. The number of rotatable bonds is 10. The van der Waals surface area contributed by atoms with E-state index < -0.39 is 5.60 Å². The van der Waals surface area contributed by atoms with Gasteiger partial charge < -0.3 is 24.0 Å². The van der Waals surface area contributed by atoms with E-state index in [1.807, 2.05) is 61.4 Å². The van der Waals surface area contributed by atoms with Gasteiger partial charge in [-0.2, -0.15) is 0 Å². The Kier molecular flexibility index (Phi) is 9.98. The van der Waals surface area contributed by atoms with Crippen LogP contribution >= 0.6 is 0 Å². The third kappa shape index (κ3) is 7.46. The number of amides is 2. The van der Waals surface area contributed by atoms with Gasteiger partial charge in [-0.3, -0.25) is 14.6 Å². The van der Waals surface area contributed by atoms with Gasteiger partial charge in [-0.05, 0) is 92.2 Å². The molecule has 13 heteroatoms. The lowest BCUT2D eigenvalue weighted by atomic mass is 10.1. The summed E-state index contributed by atoms with van der Waals surface area (Å²) in [5, 5.41) is 8.33. The minimum Gasteiger partial charge on any atom is -0.444 e. The number of aryl methyl sites for hydroxylation is 1. The quantitative estimate of drug-likeness (QED) is 0.313. The summed E-state index contributed by atoms with van der Waals surface area (Å²) in [6.07, 6.45) is 4.72. The normalized spacial score (nSPS) is 18.7. The van der Waals surface area contributed by atoms with Gasteiger partial charge in [0.2, 0.25) is 0 Å². The van der Waals surface area contributed by atoms with E-state index in [2.05, 4.69) is 38.9 Å². The van der Waals surface area contributed by atoms with Gasteiger partial charge in [0.15, 0.2) is 5.82 Å². The molecule has 3 aromatic rings. The molecule has 0 radical (unpaired) electrons. The molecule has 3 aromatic heterocycles. The summed E-state index contributed by atoms with van der Waals surface area (Å²) in [6.45, 7) is 17.6. The first kappa shape index (κ1) is 33.8. The lowest BCUT2D eigenvalue weighted by Gasteiger charge is -2.35. The average molecular weight is 659 g/mol. The number of pyridine rings is 2. The van der Waals surface area contributed by atoms with E-state index in [1.165, 1.54) is 0 Å². The topological polar surface area (TPSA) is 116 Å². The lowest BCUT2D eigenvalue weighted by molar-refractivity contribution is 0.0143. The summed E-state index contributed by atoms with van der Waals surface area (Å²) >= 11 is 0. The van der Waals surface area contributed by atoms with Crippen LogP contribution in [0.4, 0.5) is 16.4 Å². The molecule has 0 bridgehead atoms. The van der Waals surface area contributed by atoms with Crippen molar-refractivity contribution in [1.82, 2.24) is 39.4 Å². The first-order valence-electron chi connectivity index (χ1n) is 17.4. The van der Waals surface area contributed by atoms with E-state index >= 15 is 0 Å². The minimum absolute atomic E-state index is 0.0449. The monoisotopic (exact) mass is 658 g/mol. The van der Waals surface area contributed by atoms with Crippen LogP contribution in [0, 0.1) is 0 Å². The van der Waals surface area contributed by atoms with Crippen molar-refractivity contribution in [2.24, 2.45) is 0 Å². The summed E-state index contributed by atoms with van der Waals surface area (Å²) < 4.78 is 7.49. The zero-order valence-electron chi connectivity index (χ0n) is 29.4. The smallest absolute Gasteiger partial charge is 0.410 e. The Morgan fingerprint density at radius 1 is 1.08 bits per heavy atom. The summed E-state index contributed by atoms with van der Waals surface area (Å²) in [5.41, 5.74) is 2.85. The van der Waals surface area contributed by atoms with Crippen LogP contribution in [0.25, 0.3) is 11.5 Å². The van der Waals surface area contributed by atoms with E-state index in [0.29, 0.717) is 55.1 Å². The van der Waals surface area contributed by atoms with Crippen molar-refractivity contribution in [2.45, 2.75) is 85.2 Å². The van der Waals surface area contributed by atoms with Crippen LogP contribution in [-0.2, 0) is 24.4 Å². The molecule has 3 aliphatic rings. The number of carbonyl (C=O) groups is 2. The van der Waals surface area contributed by atoms with Crippen LogP contribution in [0.5, 0.6) is 0 Å². The predicted molar refractivity (Wildman–Crippen MR) is 185 cm³/mol. The molecule has 6 rings (SSSR count). The molecular formula is C35H50N10O3. The number of carbonyl (C=O) groups excluding carboxylic acids is 2. The van der Waals surface area contributed by atoms with Gasteiger partial charge in [0, 0.05) is 57.4 Å². The molecular weight excluding hydrogens is 608 g/mol. The highest BCUT2D eigenvalue weighted by atomic mass is 16.6. The highest BCUT2D eigenvalue weighted by Crippen LogP contribution is 2.34. The Labute approximate surface area is 283 Å². The third-order valence-electron chi connectivity index (χ3n) is 9.49. The molecule has 13 nitrogen and oxygen atoms in total. The van der Waals surface area contributed by atoms with Crippen LogP contribution < -0.4 is 9.80 Å². The molecule has 0 unspecified atom stereocenters. The maximum Gasteiger partial charge on any atom is 0.410 e. The lowest BCUT2D eigenvalue weighted by Crippen LogP contribution is -2.50. The van der Waals surface area contributed by atoms with Crippen molar-refractivity contribution in [3.8, 4) is 11.5 Å². The first-order chi connectivity index (χ1) is 23.0. The molecule has 0 aliphatic carbocycles. The van der Waals surface area contributed by atoms with E-state index in [9.17, 15) is 9.59 Å². The second kappa shape index (κ2) is 14.2. The molecule has 0 N–H and O–H groups in total.